The highest BCUT2D eigenvalue weighted by atomic mass is 32.1. The van der Waals surface area contributed by atoms with E-state index in [9.17, 15) is 0 Å². The van der Waals surface area contributed by atoms with Gasteiger partial charge in [-0.05, 0) is 184 Å². The van der Waals surface area contributed by atoms with Crippen LogP contribution in [0.1, 0.15) is 0 Å². The molecule has 6 heterocycles. The SMILES string of the molecule is c1ccc(-n2c3ccccc3c3cc(-c4ccc5c(c4)c4ccccc4n5-c4cccc(-c5cc6ccccc6s5)c4)ccc32)cc1.c1ccc(-n2c3ccccc3c3cc(-c4ccc5c(c4)c4ccccc4n5-c4cccc(-c5csc6ccccc56)c4)ccc32)cc1. The van der Waals surface area contributed by atoms with Gasteiger partial charge in [-0.3, -0.25) is 0 Å². The third kappa shape index (κ3) is 8.79. The first-order chi connectivity index (χ1) is 46.6. The normalized spacial score (nSPS) is 11.8. The molecule has 0 radical (unpaired) electrons. The fourth-order valence-electron chi connectivity index (χ4n) is 14.8. The van der Waals surface area contributed by atoms with E-state index in [1.54, 1.807) is 0 Å². The summed E-state index contributed by atoms with van der Waals surface area (Å²) >= 11 is 3.66. The molecule has 0 aliphatic rings. The Labute approximate surface area is 550 Å². The summed E-state index contributed by atoms with van der Waals surface area (Å²) in [6, 6.07) is 122. The van der Waals surface area contributed by atoms with E-state index in [0.717, 1.165) is 0 Å². The van der Waals surface area contributed by atoms with Crippen LogP contribution in [0.25, 0.3) is 174 Å². The molecule has 4 nitrogen and oxygen atoms in total. The minimum absolute atomic E-state index is 1.17. The lowest BCUT2D eigenvalue weighted by atomic mass is 10.0. The second-order valence-electron chi connectivity index (χ2n) is 24.4. The van der Waals surface area contributed by atoms with Crippen LogP contribution in [0.5, 0.6) is 0 Å². The van der Waals surface area contributed by atoms with Crippen molar-refractivity contribution in [2.45, 2.75) is 0 Å². The van der Waals surface area contributed by atoms with Crippen molar-refractivity contribution in [1.82, 2.24) is 18.3 Å². The Morgan fingerprint density at radius 2 is 0.543 bits per heavy atom. The number of hydrogen-bond acceptors (Lipinski definition) is 2. The maximum atomic E-state index is 2.42. The molecule has 440 valence electrons. The number of thiophene rings is 2. The summed E-state index contributed by atoms with van der Waals surface area (Å²) in [4.78, 5) is 1.29. The minimum atomic E-state index is 1.17. The van der Waals surface area contributed by atoms with Crippen LogP contribution in [0.2, 0.25) is 0 Å². The zero-order chi connectivity index (χ0) is 61.8. The molecule has 94 heavy (non-hydrogen) atoms. The van der Waals surface area contributed by atoms with Crippen molar-refractivity contribution in [2.75, 3.05) is 0 Å². The van der Waals surface area contributed by atoms with Gasteiger partial charge in [-0.15, -0.1) is 22.7 Å². The molecule has 0 N–H and O–H groups in total. The first-order valence-corrected chi connectivity index (χ1v) is 33.7. The van der Waals surface area contributed by atoms with Gasteiger partial charge >= 0.3 is 0 Å². The Hall–Kier alpha value is -11.8. The third-order valence-corrected chi connectivity index (χ3v) is 21.2. The summed E-state index contributed by atoms with van der Waals surface area (Å²) < 4.78 is 12.2. The van der Waals surface area contributed by atoms with Crippen molar-refractivity contribution in [3.05, 3.63) is 339 Å². The van der Waals surface area contributed by atoms with Crippen molar-refractivity contribution in [3.63, 3.8) is 0 Å². The van der Waals surface area contributed by atoms with Crippen molar-refractivity contribution >= 4 is 130 Å². The summed E-state index contributed by atoms with van der Waals surface area (Å²) in [5.41, 5.74) is 23.1. The zero-order valence-electron chi connectivity index (χ0n) is 50.9. The van der Waals surface area contributed by atoms with Gasteiger partial charge in [0.1, 0.15) is 0 Å². The molecule has 14 aromatic carbocycles. The number of nitrogens with zero attached hydrogens (tertiary/aromatic N) is 4. The number of rotatable bonds is 8. The van der Waals surface area contributed by atoms with Crippen LogP contribution in [-0.2, 0) is 0 Å². The average Bonchev–Trinajstić information content (AvgIpc) is 1.62. The summed E-state index contributed by atoms with van der Waals surface area (Å²) in [6.07, 6.45) is 0. The Balaban J connectivity index is 0.000000133. The number of aromatic nitrogens is 4. The highest BCUT2D eigenvalue weighted by Crippen LogP contribution is 2.43. The maximum Gasteiger partial charge on any atom is 0.0541 e. The summed E-state index contributed by atoms with van der Waals surface area (Å²) in [5.74, 6) is 0. The predicted octanol–water partition coefficient (Wildman–Crippen LogP) is 24.9. The van der Waals surface area contributed by atoms with Crippen LogP contribution >= 0.6 is 22.7 Å². The highest BCUT2D eigenvalue weighted by Gasteiger charge is 2.20. The second kappa shape index (κ2) is 22.0. The van der Waals surface area contributed by atoms with Gasteiger partial charge in [-0.1, -0.05) is 194 Å². The van der Waals surface area contributed by atoms with E-state index in [-0.39, 0.29) is 0 Å². The highest BCUT2D eigenvalue weighted by molar-refractivity contribution is 7.22. The molecule has 0 amide bonds. The molecular formula is C88H56N4S2. The molecule has 0 atom stereocenters. The predicted molar refractivity (Wildman–Crippen MR) is 403 cm³/mol. The topological polar surface area (TPSA) is 19.7 Å². The van der Waals surface area contributed by atoms with Crippen molar-refractivity contribution in [3.8, 4) is 66.6 Å². The van der Waals surface area contributed by atoms with Gasteiger partial charge < -0.3 is 18.3 Å². The molecule has 0 fully saturated rings. The van der Waals surface area contributed by atoms with Gasteiger partial charge in [-0.2, -0.15) is 0 Å². The Kier molecular flexibility index (Phi) is 12.6. The molecule has 0 saturated carbocycles. The molecule has 0 aliphatic carbocycles. The zero-order valence-corrected chi connectivity index (χ0v) is 52.6. The molecule has 6 heteroatoms. The van der Waals surface area contributed by atoms with Gasteiger partial charge in [0, 0.05) is 91.1 Å². The van der Waals surface area contributed by atoms with Gasteiger partial charge in [-0.25, -0.2) is 0 Å². The Morgan fingerprint density at radius 3 is 0.989 bits per heavy atom. The van der Waals surface area contributed by atoms with E-state index in [4.69, 9.17) is 0 Å². The quantitative estimate of drug-likeness (QED) is 0.144. The summed E-state index contributed by atoms with van der Waals surface area (Å²) in [6.45, 7) is 0. The third-order valence-electron chi connectivity index (χ3n) is 19.1. The monoisotopic (exact) mass is 1230 g/mol. The van der Waals surface area contributed by atoms with E-state index in [2.05, 4.69) is 357 Å². The molecule has 0 unspecified atom stereocenters. The Bertz CT molecular complexity index is 6330. The Morgan fingerprint density at radius 1 is 0.202 bits per heavy atom. The van der Waals surface area contributed by atoms with E-state index in [1.165, 1.54) is 174 Å². The van der Waals surface area contributed by atoms with Crippen LogP contribution in [0.4, 0.5) is 0 Å². The van der Waals surface area contributed by atoms with Crippen LogP contribution in [-0.4, -0.2) is 18.3 Å². The van der Waals surface area contributed by atoms with E-state index in [1.807, 2.05) is 22.7 Å². The van der Waals surface area contributed by atoms with Crippen LogP contribution in [0, 0.1) is 0 Å². The largest absolute Gasteiger partial charge is 0.309 e. The molecule has 6 aromatic heterocycles. The van der Waals surface area contributed by atoms with Crippen molar-refractivity contribution in [1.29, 1.82) is 0 Å². The van der Waals surface area contributed by atoms with Crippen LogP contribution in [0.3, 0.4) is 0 Å². The molecule has 0 saturated heterocycles. The fraction of sp³-hybridized carbons (Fsp3) is 0. The summed E-state index contributed by atoms with van der Waals surface area (Å²) in [7, 11) is 0. The lowest BCUT2D eigenvalue weighted by Crippen LogP contribution is -1.94. The average molecular weight is 1230 g/mol. The lowest BCUT2D eigenvalue weighted by molar-refractivity contribution is 1.18. The fourth-order valence-corrected chi connectivity index (χ4v) is 16.8. The van der Waals surface area contributed by atoms with E-state index >= 15 is 0 Å². The van der Waals surface area contributed by atoms with E-state index in [0.29, 0.717) is 0 Å². The maximum absolute atomic E-state index is 2.42. The molecule has 0 aliphatic heterocycles. The smallest absolute Gasteiger partial charge is 0.0541 e. The molecular weight excluding hydrogens is 1180 g/mol. The van der Waals surface area contributed by atoms with E-state index < -0.39 is 0 Å². The number of hydrogen-bond donors (Lipinski definition) is 0. The number of benzene rings is 14. The molecule has 0 bridgehead atoms. The summed E-state index contributed by atoms with van der Waals surface area (Å²) in [5, 5.41) is 15.0. The lowest BCUT2D eigenvalue weighted by Gasteiger charge is -2.11. The number of para-hydroxylation sites is 6. The van der Waals surface area contributed by atoms with Gasteiger partial charge in [0.25, 0.3) is 0 Å². The van der Waals surface area contributed by atoms with Gasteiger partial charge in [0.15, 0.2) is 0 Å². The second-order valence-corrected chi connectivity index (χ2v) is 26.4. The number of fused-ring (bicyclic) bond motifs is 14. The van der Waals surface area contributed by atoms with Gasteiger partial charge in [0.05, 0.1) is 44.1 Å². The van der Waals surface area contributed by atoms with Crippen molar-refractivity contribution < 1.29 is 0 Å². The molecule has 20 rings (SSSR count). The molecule has 20 aromatic rings. The minimum Gasteiger partial charge on any atom is -0.309 e. The van der Waals surface area contributed by atoms with Crippen LogP contribution < -0.4 is 0 Å². The first-order valence-electron chi connectivity index (χ1n) is 32.0. The van der Waals surface area contributed by atoms with Crippen LogP contribution in [0.15, 0.2) is 339 Å². The van der Waals surface area contributed by atoms with Gasteiger partial charge in [0.2, 0.25) is 0 Å². The first kappa shape index (κ1) is 54.0. The van der Waals surface area contributed by atoms with Crippen molar-refractivity contribution in [2.24, 2.45) is 0 Å². The molecule has 0 spiro atoms. The standard InChI is InChI=1S/2C44H28N2S/c1-2-13-33(14-3-1)45-39-18-7-5-16-35(39)37-26-29(21-23-41(37)45)30-22-24-42-38(27-30)36-17-6-8-19-40(36)46(42)34-15-10-12-31(25-34)44-28-32-11-4-9-20-43(32)47-44;1-2-12-32(13-3-1)45-40-18-7-4-15-34(40)37-26-29(21-23-42(37)45)30-22-24-43-38(27-30)35-16-5-8-19-41(35)46(43)33-14-10-11-31(25-33)39-28-47-44-20-9-6-17-36(39)44/h2*1-28H.